The molecular formula is C34H65N3O5S. The van der Waals surface area contributed by atoms with Crippen LogP contribution in [-0.4, -0.2) is 62.5 Å². The van der Waals surface area contributed by atoms with Crippen molar-refractivity contribution in [3.63, 3.8) is 0 Å². The Bertz CT molecular complexity index is 1210. The van der Waals surface area contributed by atoms with Gasteiger partial charge in [-0.3, -0.25) is 4.55 Å². The minimum absolute atomic E-state index is 0.0572. The van der Waals surface area contributed by atoms with Crippen LogP contribution >= 0.6 is 0 Å². The van der Waals surface area contributed by atoms with Crippen LogP contribution in [-0.2, 0) is 14.6 Å². The summed E-state index contributed by atoms with van der Waals surface area (Å²) in [6, 6.07) is 0.478. The minimum atomic E-state index is -5.23. The summed E-state index contributed by atoms with van der Waals surface area (Å²) in [4.78, 5) is 0. The second-order valence-corrected chi connectivity index (χ2v) is 16.1. The van der Waals surface area contributed by atoms with Crippen molar-refractivity contribution in [1.82, 2.24) is 10.6 Å². The van der Waals surface area contributed by atoms with Crippen LogP contribution in [0.2, 0.25) is 0 Å². The van der Waals surface area contributed by atoms with Gasteiger partial charge in [-0.15, -0.1) is 0 Å². The van der Waals surface area contributed by atoms with Gasteiger partial charge in [-0.1, -0.05) is 34.5 Å². The monoisotopic (exact) mass is 635 g/mol. The Morgan fingerprint density at radius 1 is 1.00 bits per heavy atom. The molecule has 0 aromatic rings. The van der Waals surface area contributed by atoms with Crippen LogP contribution in [0.1, 0.15) is 128 Å². The van der Waals surface area contributed by atoms with E-state index in [1.165, 1.54) is 0 Å². The molecule has 9 heteroatoms. The second kappa shape index (κ2) is 15.1. The fraction of sp³-hybridized carbons (Fsp3) is 1.00. The fourth-order valence-electron chi connectivity index (χ4n) is 10.4. The van der Waals surface area contributed by atoms with Crippen molar-refractivity contribution in [3.05, 3.63) is 0 Å². The van der Waals surface area contributed by atoms with Gasteiger partial charge in [0, 0.05) is 15.6 Å². The molecule has 4 rings (SSSR count). The van der Waals surface area contributed by atoms with Gasteiger partial charge in [0.1, 0.15) is 0 Å². The number of nitrogens with one attached hydrogen (secondary N) is 2. The first-order valence-corrected chi connectivity index (χ1v) is 18.4. The number of aliphatic hydroxyl groups excluding tert-OH is 1. The molecule has 0 saturated heterocycles. The average molecular weight is 635 g/mol. The molecule has 4 fully saturated rings. The summed E-state index contributed by atoms with van der Waals surface area (Å²) in [6.07, 6.45) is 8.81. The Balaban J connectivity index is 1.39. The van der Waals surface area contributed by atoms with Crippen LogP contribution in [0, 0.1) is 52.2 Å². The van der Waals surface area contributed by atoms with Crippen LogP contribution in [0.5, 0.6) is 0 Å². The molecule has 0 aromatic heterocycles. The molecule has 4 aliphatic rings. The molecule has 8 nitrogen and oxygen atoms in total. The summed E-state index contributed by atoms with van der Waals surface area (Å²) in [6.45, 7) is 3.74. The molecular weight excluding hydrogens is 562 g/mol. The highest BCUT2D eigenvalue weighted by Crippen LogP contribution is 2.68. The van der Waals surface area contributed by atoms with Crippen molar-refractivity contribution in [1.29, 1.82) is 0 Å². The summed E-state index contributed by atoms with van der Waals surface area (Å²) < 4.78 is 93.3. The van der Waals surface area contributed by atoms with Gasteiger partial charge < -0.3 is 21.5 Å². The lowest BCUT2D eigenvalue weighted by Gasteiger charge is -2.62. The zero-order chi connectivity index (χ0) is 37.3. The summed E-state index contributed by atoms with van der Waals surface area (Å²) >= 11 is 0. The minimum Gasteiger partial charge on any atom is -0.393 e. The maximum Gasteiger partial charge on any atom is 0.397 e. The summed E-state index contributed by atoms with van der Waals surface area (Å²) in [5.74, 6) is -1.70. The molecule has 0 amide bonds. The standard InChI is InChI=1S/C34H65N3O5S/c1-23(2)31(42-43(39,40)41)12-9-24(3)27-10-11-28-32-29(14-16-34(27,28)5)33(4)15-13-26(21-25(33)22-30(32)38)37-20-8-19-36-18-7-6-17-35/h23-32,36-38H,6-22,35H2,1-5H3,(H,39,40,41)/t24-,25-,26+,27-,28?,29?,30-,31?,32?,33+,34-/m1/s1/i1D3,2D3,23D. The summed E-state index contributed by atoms with van der Waals surface area (Å²) in [7, 11) is -5.23. The van der Waals surface area contributed by atoms with E-state index in [2.05, 4.69) is 28.7 Å². The first kappa shape index (κ1) is 26.7. The third-order valence-corrected chi connectivity index (χ3v) is 13.1. The number of rotatable bonds is 16. The predicted octanol–water partition coefficient (Wildman–Crippen LogP) is 5.55. The number of unbranched alkanes of at least 4 members (excludes halogenated alkanes) is 1. The molecule has 0 heterocycles. The highest BCUT2D eigenvalue weighted by atomic mass is 32.3. The van der Waals surface area contributed by atoms with E-state index in [1.807, 2.05) is 6.92 Å². The first-order valence-electron chi connectivity index (χ1n) is 20.6. The molecule has 6 N–H and O–H groups in total. The van der Waals surface area contributed by atoms with Crippen LogP contribution in [0.4, 0.5) is 0 Å². The Morgan fingerprint density at radius 3 is 2.44 bits per heavy atom. The van der Waals surface area contributed by atoms with Gasteiger partial charge in [0.25, 0.3) is 0 Å². The van der Waals surface area contributed by atoms with E-state index >= 15 is 0 Å². The van der Waals surface area contributed by atoms with Crippen molar-refractivity contribution in [2.24, 2.45) is 58.0 Å². The van der Waals surface area contributed by atoms with Gasteiger partial charge in [0.05, 0.1) is 12.2 Å². The Kier molecular flexibility index (Phi) is 9.38. The predicted molar refractivity (Wildman–Crippen MR) is 174 cm³/mol. The number of hydrogen-bond donors (Lipinski definition) is 5. The quantitative estimate of drug-likeness (QED) is 0.110. The number of fused-ring (bicyclic) bond motifs is 5. The van der Waals surface area contributed by atoms with Crippen molar-refractivity contribution in [2.45, 2.75) is 136 Å². The average Bonchev–Trinajstić information content (AvgIpc) is 3.36. The van der Waals surface area contributed by atoms with Crippen LogP contribution < -0.4 is 16.4 Å². The Hall–Kier alpha value is -0.290. The van der Waals surface area contributed by atoms with Gasteiger partial charge in [-0.25, -0.2) is 4.18 Å². The Labute approximate surface area is 273 Å². The van der Waals surface area contributed by atoms with E-state index in [-0.39, 0.29) is 47.5 Å². The van der Waals surface area contributed by atoms with Gasteiger partial charge in [0.2, 0.25) is 0 Å². The van der Waals surface area contributed by atoms with Crippen LogP contribution in [0.25, 0.3) is 0 Å². The molecule has 0 aliphatic heterocycles. The van der Waals surface area contributed by atoms with Gasteiger partial charge in [-0.05, 0) is 162 Å². The van der Waals surface area contributed by atoms with E-state index in [0.717, 1.165) is 96.8 Å². The molecule has 43 heavy (non-hydrogen) atoms. The normalized spacial score (nSPS) is 42.5. The van der Waals surface area contributed by atoms with E-state index in [4.69, 9.17) is 15.3 Å². The van der Waals surface area contributed by atoms with Crippen molar-refractivity contribution >= 4 is 10.4 Å². The highest BCUT2D eigenvalue weighted by Gasteiger charge is 2.62. The maximum atomic E-state index is 11.8. The lowest BCUT2D eigenvalue weighted by Crippen LogP contribution is -2.59. The van der Waals surface area contributed by atoms with Gasteiger partial charge in [0.15, 0.2) is 0 Å². The lowest BCUT2D eigenvalue weighted by molar-refractivity contribution is -0.167. The summed E-state index contributed by atoms with van der Waals surface area (Å²) in [5, 5.41) is 19.1. The zero-order valence-corrected chi connectivity index (χ0v) is 27.6. The maximum absolute atomic E-state index is 11.8. The van der Waals surface area contributed by atoms with Crippen molar-refractivity contribution < 1.29 is 31.9 Å². The number of aliphatic hydroxyl groups is 1. The van der Waals surface area contributed by atoms with Crippen molar-refractivity contribution in [3.8, 4) is 0 Å². The smallest absolute Gasteiger partial charge is 0.393 e. The molecule has 0 bridgehead atoms. The SMILES string of the molecule is [2H]C([2H])([2H])C([2H])(C(CC[C@@H](C)[C@H]1CCC2C3C(CC[C@@]21C)[C@@]1(C)CC[C@H](NCCCNCCCCN)C[C@@H]1C[C@H]3O)OS(=O)(=O)O)C([2H])([2H])[2H]. The Morgan fingerprint density at radius 2 is 1.72 bits per heavy atom. The number of hydrogen-bond acceptors (Lipinski definition) is 7. The fourth-order valence-corrected chi connectivity index (χ4v) is 10.9. The lowest BCUT2D eigenvalue weighted by atomic mass is 9.43. The highest BCUT2D eigenvalue weighted by molar-refractivity contribution is 7.80. The van der Waals surface area contributed by atoms with E-state index < -0.39 is 36.1 Å². The number of nitrogens with two attached hydrogens (primary N) is 1. The molecule has 0 aromatic carbocycles. The zero-order valence-electron chi connectivity index (χ0n) is 33.8. The molecule has 0 spiro atoms. The largest absolute Gasteiger partial charge is 0.397 e. The van der Waals surface area contributed by atoms with Crippen LogP contribution in [0.15, 0.2) is 0 Å². The molecule has 4 unspecified atom stereocenters. The molecule has 4 aliphatic carbocycles. The van der Waals surface area contributed by atoms with Crippen molar-refractivity contribution in [2.75, 3.05) is 26.2 Å². The van der Waals surface area contributed by atoms with E-state index in [1.54, 1.807) is 0 Å². The first-order chi connectivity index (χ1) is 23.1. The third kappa shape index (κ3) is 8.36. The summed E-state index contributed by atoms with van der Waals surface area (Å²) in [5.41, 5.74) is 5.66. The molecule has 252 valence electrons. The topological polar surface area (TPSA) is 134 Å². The molecule has 0 radical (unpaired) electrons. The van der Waals surface area contributed by atoms with Gasteiger partial charge >= 0.3 is 10.4 Å². The third-order valence-electron chi connectivity index (χ3n) is 12.7. The second-order valence-electron chi connectivity index (χ2n) is 15.0. The van der Waals surface area contributed by atoms with Gasteiger partial charge in [-0.2, -0.15) is 8.42 Å². The van der Waals surface area contributed by atoms with E-state index in [9.17, 15) is 18.1 Å². The molecule has 11 atom stereocenters. The van der Waals surface area contributed by atoms with E-state index in [0.29, 0.717) is 23.8 Å². The molecule has 4 saturated carbocycles. The van der Waals surface area contributed by atoms with Crippen LogP contribution in [0.3, 0.4) is 0 Å².